The van der Waals surface area contributed by atoms with E-state index in [4.69, 9.17) is 4.74 Å². The van der Waals surface area contributed by atoms with E-state index in [0.717, 1.165) is 25.5 Å². The summed E-state index contributed by atoms with van der Waals surface area (Å²) in [6.45, 7) is 3.77. The molecule has 2 unspecified atom stereocenters. The zero-order valence-corrected chi connectivity index (χ0v) is 8.60. The van der Waals surface area contributed by atoms with Gasteiger partial charge in [0, 0.05) is 19.7 Å². The van der Waals surface area contributed by atoms with E-state index in [1.165, 1.54) is 0 Å². The van der Waals surface area contributed by atoms with Crippen LogP contribution < -0.4 is 5.32 Å². The first-order valence-electron chi connectivity index (χ1n) is 4.95. The third-order valence-electron chi connectivity index (χ3n) is 2.55. The lowest BCUT2D eigenvalue weighted by molar-refractivity contribution is 0.188. The van der Waals surface area contributed by atoms with E-state index in [2.05, 4.69) is 22.4 Å². The minimum atomic E-state index is 0.231. The molecular formula is C9H16N4O. The van der Waals surface area contributed by atoms with Crippen molar-refractivity contribution in [1.29, 1.82) is 0 Å². The highest BCUT2D eigenvalue weighted by Crippen LogP contribution is 2.12. The van der Waals surface area contributed by atoms with Crippen LogP contribution in [-0.4, -0.2) is 34.0 Å². The Morgan fingerprint density at radius 3 is 3.14 bits per heavy atom. The summed E-state index contributed by atoms with van der Waals surface area (Å²) in [4.78, 5) is 0. The topological polar surface area (TPSA) is 52.0 Å². The fourth-order valence-corrected chi connectivity index (χ4v) is 1.78. The second kappa shape index (κ2) is 4.06. The monoisotopic (exact) mass is 196 g/mol. The number of hydrogen-bond donors (Lipinski definition) is 1. The molecule has 1 aromatic rings. The molecule has 0 saturated carbocycles. The lowest BCUT2D eigenvalue weighted by Crippen LogP contribution is -2.32. The Hall–Kier alpha value is -0.940. The first-order valence-corrected chi connectivity index (χ1v) is 4.95. The molecule has 2 heterocycles. The minimum absolute atomic E-state index is 0.231. The van der Waals surface area contributed by atoms with Crippen molar-refractivity contribution in [2.45, 2.75) is 25.4 Å². The van der Waals surface area contributed by atoms with Gasteiger partial charge in [-0.3, -0.25) is 0 Å². The first kappa shape index (κ1) is 9.61. The van der Waals surface area contributed by atoms with E-state index >= 15 is 0 Å². The largest absolute Gasteiger partial charge is 0.380 e. The van der Waals surface area contributed by atoms with Crippen molar-refractivity contribution in [1.82, 2.24) is 20.1 Å². The molecule has 1 aromatic heterocycles. The highest BCUT2D eigenvalue weighted by Gasteiger charge is 2.20. The van der Waals surface area contributed by atoms with Gasteiger partial charge in [0.25, 0.3) is 0 Å². The van der Waals surface area contributed by atoms with Crippen LogP contribution in [0.25, 0.3) is 0 Å². The van der Waals surface area contributed by atoms with Gasteiger partial charge in [0.2, 0.25) is 0 Å². The first-order chi connectivity index (χ1) is 6.77. The highest BCUT2D eigenvalue weighted by molar-refractivity contribution is 4.93. The van der Waals surface area contributed by atoms with Crippen LogP contribution in [0.2, 0.25) is 0 Å². The maximum absolute atomic E-state index is 5.30. The molecule has 1 saturated heterocycles. The predicted molar refractivity (Wildman–Crippen MR) is 51.8 cm³/mol. The van der Waals surface area contributed by atoms with Crippen molar-refractivity contribution in [3.05, 3.63) is 12.2 Å². The van der Waals surface area contributed by atoms with Crippen molar-refractivity contribution in [2.75, 3.05) is 13.2 Å². The number of aromatic nitrogens is 3. The van der Waals surface area contributed by atoms with Crippen molar-refractivity contribution in [3.63, 3.8) is 0 Å². The fourth-order valence-electron chi connectivity index (χ4n) is 1.78. The van der Waals surface area contributed by atoms with Crippen LogP contribution >= 0.6 is 0 Å². The summed E-state index contributed by atoms with van der Waals surface area (Å²) in [7, 11) is 1.96. The van der Waals surface area contributed by atoms with E-state index in [9.17, 15) is 0 Å². The van der Waals surface area contributed by atoms with Gasteiger partial charge < -0.3 is 14.6 Å². The normalized spacial score (nSPS) is 24.0. The molecule has 78 valence electrons. The Morgan fingerprint density at radius 1 is 1.71 bits per heavy atom. The minimum Gasteiger partial charge on any atom is -0.380 e. The Labute approximate surface area is 83.5 Å². The summed E-state index contributed by atoms with van der Waals surface area (Å²) in [5.41, 5.74) is 0. The van der Waals surface area contributed by atoms with Crippen LogP contribution in [0, 0.1) is 0 Å². The van der Waals surface area contributed by atoms with Crippen molar-refractivity contribution in [2.24, 2.45) is 7.05 Å². The predicted octanol–water partition coefficient (Wildman–Crippen LogP) is 0.255. The van der Waals surface area contributed by atoms with Gasteiger partial charge in [0.05, 0.1) is 12.6 Å². The molecule has 5 heteroatoms. The Kier molecular flexibility index (Phi) is 2.79. The molecule has 0 bridgehead atoms. The van der Waals surface area contributed by atoms with Gasteiger partial charge >= 0.3 is 0 Å². The standard InChI is InChI=1S/C9H16N4O/c1-7(9-12-10-6-13(9)2)11-8-3-4-14-5-8/h6-8,11H,3-5H2,1-2H3. The third-order valence-corrected chi connectivity index (χ3v) is 2.55. The quantitative estimate of drug-likeness (QED) is 0.753. The Balaban J connectivity index is 1.95. The van der Waals surface area contributed by atoms with E-state index in [-0.39, 0.29) is 6.04 Å². The zero-order valence-electron chi connectivity index (χ0n) is 8.60. The van der Waals surface area contributed by atoms with Crippen LogP contribution in [-0.2, 0) is 11.8 Å². The number of ether oxygens (including phenoxy) is 1. The number of nitrogens with zero attached hydrogens (tertiary/aromatic N) is 3. The average Bonchev–Trinajstić information content (AvgIpc) is 2.75. The van der Waals surface area contributed by atoms with E-state index in [1.54, 1.807) is 6.33 Å². The van der Waals surface area contributed by atoms with Crippen LogP contribution in [0.15, 0.2) is 6.33 Å². The van der Waals surface area contributed by atoms with Gasteiger partial charge in [0.1, 0.15) is 12.2 Å². The molecule has 0 aliphatic carbocycles. The third kappa shape index (κ3) is 1.93. The number of aryl methyl sites for hydroxylation is 1. The summed E-state index contributed by atoms with van der Waals surface area (Å²) >= 11 is 0. The van der Waals surface area contributed by atoms with Crippen LogP contribution in [0.5, 0.6) is 0 Å². The SMILES string of the molecule is CC(NC1CCOC1)c1nncn1C. The molecule has 14 heavy (non-hydrogen) atoms. The van der Waals surface area contributed by atoms with Gasteiger partial charge in [-0.25, -0.2) is 0 Å². The molecule has 1 N–H and O–H groups in total. The lowest BCUT2D eigenvalue weighted by atomic mass is 10.2. The number of rotatable bonds is 3. The van der Waals surface area contributed by atoms with Crippen LogP contribution in [0.4, 0.5) is 0 Å². The van der Waals surface area contributed by atoms with Crippen molar-refractivity contribution >= 4 is 0 Å². The molecule has 2 rings (SSSR count). The Bertz CT molecular complexity index is 293. The Morgan fingerprint density at radius 2 is 2.57 bits per heavy atom. The number of nitrogens with one attached hydrogen (secondary N) is 1. The summed E-state index contributed by atoms with van der Waals surface area (Å²) < 4.78 is 7.24. The maximum Gasteiger partial charge on any atom is 0.149 e. The van der Waals surface area contributed by atoms with Gasteiger partial charge in [-0.1, -0.05) is 0 Å². The summed E-state index contributed by atoms with van der Waals surface area (Å²) in [6, 6.07) is 0.691. The second-order valence-corrected chi connectivity index (χ2v) is 3.75. The molecular weight excluding hydrogens is 180 g/mol. The maximum atomic E-state index is 5.30. The van der Waals surface area contributed by atoms with Crippen molar-refractivity contribution in [3.8, 4) is 0 Å². The summed E-state index contributed by atoms with van der Waals surface area (Å²) in [5, 5.41) is 11.4. The highest BCUT2D eigenvalue weighted by atomic mass is 16.5. The molecule has 5 nitrogen and oxygen atoms in total. The molecule has 2 atom stereocenters. The molecule has 1 aliphatic rings. The molecule has 0 aromatic carbocycles. The van der Waals surface area contributed by atoms with Crippen LogP contribution in [0.3, 0.4) is 0 Å². The van der Waals surface area contributed by atoms with Gasteiger partial charge in [0.15, 0.2) is 0 Å². The average molecular weight is 196 g/mol. The van der Waals surface area contributed by atoms with Gasteiger partial charge in [-0.05, 0) is 13.3 Å². The summed E-state index contributed by atoms with van der Waals surface area (Å²) in [6.07, 6.45) is 2.81. The van der Waals surface area contributed by atoms with E-state index < -0.39 is 0 Å². The zero-order chi connectivity index (χ0) is 9.97. The molecule has 1 aliphatic heterocycles. The van der Waals surface area contributed by atoms with E-state index in [0.29, 0.717) is 6.04 Å². The fraction of sp³-hybridized carbons (Fsp3) is 0.778. The number of hydrogen-bond acceptors (Lipinski definition) is 4. The smallest absolute Gasteiger partial charge is 0.149 e. The molecule has 0 radical (unpaired) electrons. The summed E-state index contributed by atoms with van der Waals surface area (Å²) in [5.74, 6) is 0.969. The molecule has 0 spiro atoms. The molecule has 0 amide bonds. The van der Waals surface area contributed by atoms with E-state index in [1.807, 2.05) is 11.6 Å². The van der Waals surface area contributed by atoms with Crippen molar-refractivity contribution < 1.29 is 4.74 Å². The lowest BCUT2D eigenvalue weighted by Gasteiger charge is -2.16. The molecule has 1 fully saturated rings. The van der Waals surface area contributed by atoms with Gasteiger partial charge in [-0.2, -0.15) is 0 Å². The van der Waals surface area contributed by atoms with Crippen LogP contribution in [0.1, 0.15) is 25.2 Å². The second-order valence-electron chi connectivity index (χ2n) is 3.75. The van der Waals surface area contributed by atoms with Gasteiger partial charge in [-0.15, -0.1) is 10.2 Å².